The second kappa shape index (κ2) is 6.97. The van der Waals surface area contributed by atoms with E-state index in [0.717, 1.165) is 6.54 Å². The number of hydrogen-bond donors (Lipinski definition) is 2. The number of morpholine rings is 1. The minimum Gasteiger partial charge on any atom is -0.378 e. The van der Waals surface area contributed by atoms with Crippen molar-refractivity contribution in [3.63, 3.8) is 0 Å². The average Bonchev–Trinajstić information content (AvgIpc) is 2.46. The van der Waals surface area contributed by atoms with Gasteiger partial charge in [-0.3, -0.25) is 14.9 Å². The Kier molecular flexibility index (Phi) is 5.03. The van der Waals surface area contributed by atoms with E-state index >= 15 is 0 Å². The van der Waals surface area contributed by atoms with E-state index in [1.165, 1.54) is 12.1 Å². The van der Waals surface area contributed by atoms with Crippen LogP contribution in [-0.4, -0.2) is 43.2 Å². The van der Waals surface area contributed by atoms with Gasteiger partial charge in [0, 0.05) is 31.3 Å². The third-order valence-corrected chi connectivity index (χ3v) is 3.03. The number of benzene rings is 1. The molecule has 1 amide bonds. The van der Waals surface area contributed by atoms with Crippen molar-refractivity contribution in [2.75, 3.05) is 26.3 Å². The number of carbonyl (C=O) groups is 1. The Bertz CT molecular complexity index is 486. The first-order chi connectivity index (χ1) is 9.65. The number of nitrogens with one attached hydrogen (secondary N) is 2. The van der Waals surface area contributed by atoms with Gasteiger partial charge in [-0.15, -0.1) is 0 Å². The lowest BCUT2D eigenvalue weighted by Crippen LogP contribution is -2.48. The van der Waals surface area contributed by atoms with Crippen molar-refractivity contribution in [3.05, 3.63) is 39.9 Å². The highest BCUT2D eigenvalue weighted by atomic mass is 16.6. The average molecular weight is 279 g/mol. The maximum absolute atomic E-state index is 11.8. The van der Waals surface area contributed by atoms with Gasteiger partial charge < -0.3 is 15.4 Å². The molecule has 108 valence electrons. The van der Waals surface area contributed by atoms with Crippen molar-refractivity contribution in [3.8, 4) is 0 Å². The molecule has 1 aromatic rings. The summed E-state index contributed by atoms with van der Waals surface area (Å²) in [7, 11) is 0. The molecular formula is C13H17N3O4. The van der Waals surface area contributed by atoms with E-state index in [0.29, 0.717) is 25.3 Å². The summed E-state index contributed by atoms with van der Waals surface area (Å²) in [6.07, 6.45) is 0.134. The van der Waals surface area contributed by atoms with E-state index in [4.69, 9.17) is 4.74 Å². The Morgan fingerprint density at radius 3 is 3.10 bits per heavy atom. The highest BCUT2D eigenvalue weighted by molar-refractivity contribution is 5.78. The van der Waals surface area contributed by atoms with Gasteiger partial charge >= 0.3 is 0 Å². The van der Waals surface area contributed by atoms with Crippen LogP contribution < -0.4 is 10.6 Å². The van der Waals surface area contributed by atoms with Gasteiger partial charge in [0.25, 0.3) is 5.69 Å². The molecule has 1 aliphatic rings. The molecule has 0 aliphatic carbocycles. The molecule has 0 radical (unpaired) electrons. The number of nitrogens with zero attached hydrogens (tertiary/aromatic N) is 1. The zero-order valence-electron chi connectivity index (χ0n) is 11.0. The maximum atomic E-state index is 11.8. The summed E-state index contributed by atoms with van der Waals surface area (Å²) in [4.78, 5) is 22.0. The molecule has 7 nitrogen and oxygen atoms in total. The van der Waals surface area contributed by atoms with Crippen LogP contribution in [0.3, 0.4) is 0 Å². The van der Waals surface area contributed by atoms with Crippen LogP contribution in [0, 0.1) is 10.1 Å². The fourth-order valence-corrected chi connectivity index (χ4v) is 2.02. The van der Waals surface area contributed by atoms with Gasteiger partial charge in [-0.05, 0) is 5.56 Å². The zero-order chi connectivity index (χ0) is 14.4. The van der Waals surface area contributed by atoms with Crippen molar-refractivity contribution in [1.82, 2.24) is 10.6 Å². The second-order valence-electron chi connectivity index (χ2n) is 4.63. The van der Waals surface area contributed by atoms with Crippen molar-refractivity contribution >= 4 is 11.6 Å². The van der Waals surface area contributed by atoms with Crippen LogP contribution in [0.1, 0.15) is 5.56 Å². The Balaban J connectivity index is 1.81. The molecule has 7 heteroatoms. The molecule has 1 fully saturated rings. The lowest BCUT2D eigenvalue weighted by atomic mass is 10.1. The second-order valence-corrected chi connectivity index (χ2v) is 4.63. The summed E-state index contributed by atoms with van der Waals surface area (Å²) in [6.45, 7) is 2.55. The minimum atomic E-state index is -0.468. The molecule has 2 rings (SSSR count). The number of nitro groups is 1. The smallest absolute Gasteiger partial charge is 0.269 e. The molecule has 2 N–H and O–H groups in total. The van der Waals surface area contributed by atoms with Crippen LogP contribution in [0.4, 0.5) is 5.69 Å². The molecule has 0 aromatic heterocycles. The maximum Gasteiger partial charge on any atom is 0.269 e. The Morgan fingerprint density at radius 1 is 1.55 bits per heavy atom. The van der Waals surface area contributed by atoms with Gasteiger partial charge in [-0.2, -0.15) is 0 Å². The van der Waals surface area contributed by atoms with Gasteiger partial charge in [-0.25, -0.2) is 0 Å². The van der Waals surface area contributed by atoms with Crippen LogP contribution in [0.2, 0.25) is 0 Å². The molecule has 0 bridgehead atoms. The van der Waals surface area contributed by atoms with Gasteiger partial charge in [0.05, 0.1) is 24.6 Å². The Labute approximate surface area is 116 Å². The van der Waals surface area contributed by atoms with Crippen LogP contribution in [-0.2, 0) is 16.0 Å². The molecule has 1 aliphatic heterocycles. The van der Waals surface area contributed by atoms with E-state index in [9.17, 15) is 14.9 Å². The summed E-state index contributed by atoms with van der Waals surface area (Å²) in [6, 6.07) is 6.23. The van der Waals surface area contributed by atoms with Crippen LogP contribution in [0.15, 0.2) is 24.3 Å². The molecular weight excluding hydrogens is 262 g/mol. The largest absolute Gasteiger partial charge is 0.378 e. The van der Waals surface area contributed by atoms with Crippen LogP contribution in [0.25, 0.3) is 0 Å². The lowest BCUT2D eigenvalue weighted by molar-refractivity contribution is -0.384. The first-order valence-electron chi connectivity index (χ1n) is 6.46. The van der Waals surface area contributed by atoms with Gasteiger partial charge in [0.1, 0.15) is 0 Å². The number of amides is 1. The van der Waals surface area contributed by atoms with E-state index in [-0.39, 0.29) is 24.1 Å². The summed E-state index contributed by atoms with van der Waals surface area (Å²) >= 11 is 0. The predicted molar refractivity (Wildman–Crippen MR) is 72.4 cm³/mol. The fraction of sp³-hybridized carbons (Fsp3) is 0.462. The van der Waals surface area contributed by atoms with Gasteiger partial charge in [0.2, 0.25) is 5.91 Å². The van der Waals surface area contributed by atoms with Crippen molar-refractivity contribution in [2.24, 2.45) is 0 Å². The zero-order valence-corrected chi connectivity index (χ0v) is 11.0. The van der Waals surface area contributed by atoms with Crippen molar-refractivity contribution in [2.45, 2.75) is 12.5 Å². The molecule has 1 atom stereocenters. The van der Waals surface area contributed by atoms with Crippen molar-refractivity contribution in [1.29, 1.82) is 0 Å². The van der Waals surface area contributed by atoms with Gasteiger partial charge in [-0.1, -0.05) is 12.1 Å². The number of carbonyl (C=O) groups excluding carboxylic acids is 1. The molecule has 1 unspecified atom stereocenters. The third kappa shape index (κ3) is 4.29. The minimum absolute atomic E-state index is 0.00218. The first-order valence-corrected chi connectivity index (χ1v) is 6.46. The molecule has 0 spiro atoms. The normalized spacial score (nSPS) is 18.5. The first kappa shape index (κ1) is 14.4. The molecule has 1 saturated heterocycles. The Morgan fingerprint density at radius 2 is 2.40 bits per heavy atom. The number of nitro benzene ring substituents is 1. The van der Waals surface area contributed by atoms with Gasteiger partial charge in [0.15, 0.2) is 0 Å². The summed E-state index contributed by atoms with van der Waals surface area (Å²) in [5.41, 5.74) is 0.627. The third-order valence-electron chi connectivity index (χ3n) is 3.03. The molecule has 1 heterocycles. The van der Waals surface area contributed by atoms with E-state index in [2.05, 4.69) is 10.6 Å². The van der Waals surface area contributed by atoms with E-state index in [1.807, 2.05) is 0 Å². The topological polar surface area (TPSA) is 93.5 Å². The number of ether oxygens (including phenoxy) is 1. The molecule has 1 aromatic carbocycles. The molecule has 20 heavy (non-hydrogen) atoms. The highest BCUT2D eigenvalue weighted by Gasteiger charge is 2.14. The quantitative estimate of drug-likeness (QED) is 0.595. The Hall–Kier alpha value is -1.99. The standard InChI is InChI=1S/C13H17N3O4/c17-13(15-8-11-9-20-5-4-14-11)7-10-2-1-3-12(6-10)16(18)19/h1-3,6,11,14H,4-5,7-9H2,(H,15,17). The van der Waals surface area contributed by atoms with E-state index in [1.54, 1.807) is 12.1 Å². The van der Waals surface area contributed by atoms with Crippen LogP contribution >= 0.6 is 0 Å². The predicted octanol–water partition coefficient (Wildman–Crippen LogP) is 0.242. The fourth-order valence-electron chi connectivity index (χ4n) is 2.02. The number of rotatable bonds is 5. The summed E-state index contributed by atoms with van der Waals surface area (Å²) < 4.78 is 5.29. The highest BCUT2D eigenvalue weighted by Crippen LogP contribution is 2.13. The van der Waals surface area contributed by atoms with Crippen molar-refractivity contribution < 1.29 is 14.5 Å². The SMILES string of the molecule is O=C(Cc1cccc([N+](=O)[O-])c1)NCC1COCCN1. The number of non-ortho nitro benzene ring substituents is 1. The summed E-state index contributed by atoms with van der Waals surface area (Å²) in [5, 5.41) is 16.7. The number of hydrogen-bond acceptors (Lipinski definition) is 5. The van der Waals surface area contributed by atoms with E-state index < -0.39 is 4.92 Å². The lowest BCUT2D eigenvalue weighted by Gasteiger charge is -2.23. The molecule has 0 saturated carbocycles. The summed E-state index contributed by atoms with van der Waals surface area (Å²) in [5.74, 6) is -0.155. The van der Waals surface area contributed by atoms with Crippen LogP contribution in [0.5, 0.6) is 0 Å². The monoisotopic (exact) mass is 279 g/mol.